The maximum atomic E-state index is 13.0. The minimum absolute atomic E-state index is 0.00500. The van der Waals surface area contributed by atoms with E-state index in [2.05, 4.69) is 10.2 Å². The van der Waals surface area contributed by atoms with Gasteiger partial charge in [-0.1, -0.05) is 18.2 Å². The van der Waals surface area contributed by atoms with Crippen molar-refractivity contribution in [3.8, 4) is 5.75 Å². The molecule has 2 N–H and O–H groups in total. The summed E-state index contributed by atoms with van der Waals surface area (Å²) in [5.74, 6) is 0.233. The van der Waals surface area contributed by atoms with Gasteiger partial charge in [0.15, 0.2) is 0 Å². The van der Waals surface area contributed by atoms with E-state index in [-0.39, 0.29) is 17.7 Å². The summed E-state index contributed by atoms with van der Waals surface area (Å²) >= 11 is 0. The molecule has 30 heavy (non-hydrogen) atoms. The maximum absolute atomic E-state index is 13.0. The van der Waals surface area contributed by atoms with Crippen molar-refractivity contribution in [3.63, 3.8) is 0 Å². The fourth-order valence-electron chi connectivity index (χ4n) is 4.19. The number of aromatic hydroxyl groups is 1. The number of benzene rings is 2. The Labute approximate surface area is 176 Å². The molecule has 2 aromatic rings. The van der Waals surface area contributed by atoms with Crippen LogP contribution in [0.5, 0.6) is 5.75 Å². The third-order valence-corrected chi connectivity index (χ3v) is 5.88. The van der Waals surface area contributed by atoms with E-state index in [1.165, 1.54) is 0 Å². The highest BCUT2D eigenvalue weighted by atomic mass is 16.3. The molecule has 4 rings (SSSR count). The third kappa shape index (κ3) is 4.20. The van der Waals surface area contributed by atoms with Crippen LogP contribution in [0, 0.1) is 6.92 Å². The summed E-state index contributed by atoms with van der Waals surface area (Å²) in [6, 6.07) is 12.6. The summed E-state index contributed by atoms with van der Waals surface area (Å²) in [4.78, 5) is 31.7. The van der Waals surface area contributed by atoms with Gasteiger partial charge in [-0.3, -0.25) is 4.79 Å². The van der Waals surface area contributed by atoms with Crippen molar-refractivity contribution in [1.82, 2.24) is 9.80 Å². The number of likely N-dealkylation sites (tertiary alicyclic amines) is 1. The van der Waals surface area contributed by atoms with Gasteiger partial charge in [-0.05, 0) is 43.5 Å². The van der Waals surface area contributed by atoms with Crippen molar-refractivity contribution >= 4 is 23.3 Å². The summed E-state index contributed by atoms with van der Waals surface area (Å²) in [5, 5.41) is 12.7. The molecule has 2 aromatic carbocycles. The van der Waals surface area contributed by atoms with Crippen molar-refractivity contribution in [2.45, 2.75) is 19.8 Å². The van der Waals surface area contributed by atoms with Gasteiger partial charge in [0.1, 0.15) is 5.75 Å². The first-order valence-electron chi connectivity index (χ1n) is 10.5. The number of hydrogen-bond acceptors (Lipinski definition) is 4. The molecule has 2 fully saturated rings. The Morgan fingerprint density at radius 2 is 1.60 bits per heavy atom. The monoisotopic (exact) mass is 408 g/mol. The van der Waals surface area contributed by atoms with Crippen LogP contribution in [-0.4, -0.2) is 66.1 Å². The van der Waals surface area contributed by atoms with Crippen molar-refractivity contribution in [2.75, 3.05) is 49.5 Å². The van der Waals surface area contributed by atoms with Gasteiger partial charge in [0, 0.05) is 51.0 Å². The van der Waals surface area contributed by atoms with Crippen molar-refractivity contribution < 1.29 is 14.7 Å². The second-order valence-electron chi connectivity index (χ2n) is 7.92. The molecule has 7 heteroatoms. The lowest BCUT2D eigenvalue weighted by molar-refractivity contribution is 0.0793. The molecule has 2 aliphatic rings. The number of urea groups is 1. The van der Waals surface area contributed by atoms with Gasteiger partial charge in [-0.15, -0.1) is 0 Å². The van der Waals surface area contributed by atoms with Gasteiger partial charge >= 0.3 is 6.03 Å². The number of piperazine rings is 1. The standard InChI is InChI=1S/C23H28N4O3/c1-17-6-4-9-20(21(17)22(29)26-10-2-3-11-26)24-23(30)27-14-12-25(13-15-27)18-7-5-8-19(28)16-18/h4-9,16,28H,2-3,10-15H2,1H3,(H,24,30). The van der Waals surface area contributed by atoms with Gasteiger partial charge in [0.25, 0.3) is 5.91 Å². The number of phenolic OH excluding ortho intramolecular Hbond substituents is 1. The minimum Gasteiger partial charge on any atom is -0.508 e. The zero-order valence-corrected chi connectivity index (χ0v) is 17.3. The number of aryl methyl sites for hydroxylation is 1. The van der Waals surface area contributed by atoms with Gasteiger partial charge in [0.05, 0.1) is 11.3 Å². The van der Waals surface area contributed by atoms with E-state index in [0.717, 1.165) is 37.2 Å². The Hall–Kier alpha value is -3.22. The topological polar surface area (TPSA) is 76.1 Å². The predicted molar refractivity (Wildman–Crippen MR) is 117 cm³/mol. The van der Waals surface area contributed by atoms with Crippen LogP contribution in [0.3, 0.4) is 0 Å². The number of carbonyl (C=O) groups is 2. The fourth-order valence-corrected chi connectivity index (χ4v) is 4.19. The summed E-state index contributed by atoms with van der Waals surface area (Å²) in [6.45, 7) is 5.97. The molecule has 2 aliphatic heterocycles. The van der Waals surface area contributed by atoms with Crippen LogP contribution in [-0.2, 0) is 0 Å². The first-order chi connectivity index (χ1) is 14.5. The normalized spacial score (nSPS) is 16.6. The molecule has 0 aromatic heterocycles. The Morgan fingerprint density at radius 1 is 0.900 bits per heavy atom. The molecule has 158 valence electrons. The van der Waals surface area contributed by atoms with Gasteiger partial charge in [-0.2, -0.15) is 0 Å². The number of rotatable bonds is 3. The number of carbonyl (C=O) groups excluding carboxylic acids is 2. The van der Waals surface area contributed by atoms with E-state index >= 15 is 0 Å². The Morgan fingerprint density at radius 3 is 2.30 bits per heavy atom. The van der Waals surface area contributed by atoms with E-state index in [9.17, 15) is 14.7 Å². The molecule has 3 amide bonds. The molecular formula is C23H28N4O3. The molecule has 7 nitrogen and oxygen atoms in total. The van der Waals surface area contributed by atoms with Crippen LogP contribution in [0.2, 0.25) is 0 Å². The minimum atomic E-state index is -0.188. The van der Waals surface area contributed by atoms with Crippen LogP contribution in [0.25, 0.3) is 0 Å². The zero-order chi connectivity index (χ0) is 21.1. The second-order valence-corrected chi connectivity index (χ2v) is 7.92. The van der Waals surface area contributed by atoms with Crippen LogP contribution < -0.4 is 10.2 Å². The van der Waals surface area contributed by atoms with Gasteiger partial charge < -0.3 is 25.1 Å². The Balaban J connectivity index is 1.42. The number of phenols is 1. The molecule has 0 unspecified atom stereocenters. The molecule has 0 spiro atoms. The number of amides is 3. The highest BCUT2D eigenvalue weighted by Crippen LogP contribution is 2.25. The van der Waals surface area contributed by atoms with E-state index in [4.69, 9.17) is 0 Å². The van der Waals surface area contributed by atoms with E-state index in [1.807, 2.05) is 36.1 Å². The van der Waals surface area contributed by atoms with E-state index in [1.54, 1.807) is 23.1 Å². The number of hydrogen-bond donors (Lipinski definition) is 2. The molecular weight excluding hydrogens is 380 g/mol. The SMILES string of the molecule is Cc1cccc(NC(=O)N2CCN(c3cccc(O)c3)CC2)c1C(=O)N1CCCC1. The Kier molecular flexibility index (Phi) is 5.79. The highest BCUT2D eigenvalue weighted by Gasteiger charge is 2.26. The van der Waals surface area contributed by atoms with Gasteiger partial charge in [-0.25, -0.2) is 4.79 Å². The van der Waals surface area contributed by atoms with Crippen LogP contribution in [0.15, 0.2) is 42.5 Å². The smallest absolute Gasteiger partial charge is 0.321 e. The molecule has 0 radical (unpaired) electrons. The first kappa shape index (κ1) is 20.1. The largest absolute Gasteiger partial charge is 0.508 e. The quantitative estimate of drug-likeness (QED) is 0.817. The van der Waals surface area contributed by atoms with E-state index < -0.39 is 0 Å². The molecule has 2 saturated heterocycles. The lowest BCUT2D eigenvalue weighted by Crippen LogP contribution is -2.50. The van der Waals surface area contributed by atoms with Crippen LogP contribution in [0.1, 0.15) is 28.8 Å². The number of nitrogens with zero attached hydrogens (tertiary/aromatic N) is 3. The van der Waals surface area contributed by atoms with Crippen molar-refractivity contribution in [1.29, 1.82) is 0 Å². The van der Waals surface area contributed by atoms with E-state index in [0.29, 0.717) is 37.4 Å². The predicted octanol–water partition coefficient (Wildman–Crippen LogP) is 3.29. The van der Waals surface area contributed by atoms with Crippen LogP contribution >= 0.6 is 0 Å². The molecule has 0 saturated carbocycles. The summed E-state index contributed by atoms with van der Waals surface area (Å²) in [5.41, 5.74) is 2.99. The number of anilines is 2. The maximum Gasteiger partial charge on any atom is 0.321 e. The Bertz CT molecular complexity index is 932. The number of nitrogens with one attached hydrogen (secondary N) is 1. The summed E-state index contributed by atoms with van der Waals surface area (Å²) in [7, 11) is 0. The third-order valence-electron chi connectivity index (χ3n) is 5.88. The van der Waals surface area contributed by atoms with Crippen LogP contribution in [0.4, 0.5) is 16.2 Å². The average Bonchev–Trinajstić information content (AvgIpc) is 3.29. The molecule has 0 aliphatic carbocycles. The molecule has 0 bridgehead atoms. The zero-order valence-electron chi connectivity index (χ0n) is 17.3. The lowest BCUT2D eigenvalue weighted by Gasteiger charge is -2.36. The van der Waals surface area contributed by atoms with Crippen molar-refractivity contribution in [3.05, 3.63) is 53.6 Å². The highest BCUT2D eigenvalue weighted by molar-refractivity contribution is 6.04. The first-order valence-corrected chi connectivity index (χ1v) is 10.5. The van der Waals surface area contributed by atoms with Crippen molar-refractivity contribution in [2.24, 2.45) is 0 Å². The summed E-state index contributed by atoms with van der Waals surface area (Å²) < 4.78 is 0. The fraction of sp³-hybridized carbons (Fsp3) is 0.391. The molecule has 2 heterocycles. The molecule has 0 atom stereocenters. The average molecular weight is 409 g/mol. The second kappa shape index (κ2) is 8.65. The lowest BCUT2D eigenvalue weighted by atomic mass is 10.1. The summed E-state index contributed by atoms with van der Waals surface area (Å²) in [6.07, 6.45) is 2.06. The van der Waals surface area contributed by atoms with Gasteiger partial charge in [0.2, 0.25) is 0 Å².